The van der Waals surface area contributed by atoms with Crippen LogP contribution in [0.1, 0.15) is 13.3 Å². The molecule has 0 aromatic heterocycles. The first-order chi connectivity index (χ1) is 5.43. The van der Waals surface area contributed by atoms with Crippen LogP contribution < -0.4 is 0 Å². The molecule has 1 rings (SSSR count). The Balaban J connectivity index is 2.23. The van der Waals surface area contributed by atoms with E-state index in [0.717, 1.165) is 0 Å². The highest BCUT2D eigenvalue weighted by atomic mass is 32.2. The fourth-order valence-electron chi connectivity index (χ4n) is 0.883. The van der Waals surface area contributed by atoms with Gasteiger partial charge in [-0.25, -0.2) is 0 Å². The van der Waals surface area contributed by atoms with Crippen LogP contribution in [-0.2, 0) is 0 Å². The normalized spacial score (nSPS) is 21.9. The van der Waals surface area contributed by atoms with Gasteiger partial charge in [0.05, 0.1) is 4.58 Å². The van der Waals surface area contributed by atoms with Crippen molar-refractivity contribution < 1.29 is 0 Å². The lowest BCUT2D eigenvalue weighted by atomic mass is 10.5. The molecule has 2 heteroatoms. The van der Waals surface area contributed by atoms with Gasteiger partial charge in [0.2, 0.25) is 0 Å². The Morgan fingerprint density at radius 1 is 1.18 bits per heavy atom. The van der Waals surface area contributed by atoms with Gasteiger partial charge in [0.15, 0.2) is 0 Å². The van der Waals surface area contributed by atoms with Crippen LogP contribution in [-0.4, -0.2) is 16.1 Å². The molecular weight excluding hydrogens is 172 g/mol. The number of allylic oxidation sites excluding steroid dienone is 3. The van der Waals surface area contributed by atoms with E-state index in [-0.39, 0.29) is 0 Å². The number of hydrogen-bond acceptors (Lipinski definition) is 2. The molecule has 0 radical (unpaired) electrons. The van der Waals surface area contributed by atoms with Crippen LogP contribution >= 0.6 is 23.5 Å². The Morgan fingerprint density at radius 3 is 2.55 bits per heavy atom. The van der Waals surface area contributed by atoms with Crippen LogP contribution in [0.2, 0.25) is 0 Å². The molecule has 0 atom stereocenters. The third-order valence-electron chi connectivity index (χ3n) is 1.42. The molecule has 0 unspecified atom stereocenters. The molecule has 1 aliphatic rings. The lowest BCUT2D eigenvalue weighted by Gasteiger charge is -2.16. The minimum Gasteiger partial charge on any atom is -0.143 e. The Labute approximate surface area is 77.5 Å². The van der Waals surface area contributed by atoms with Gasteiger partial charge in [-0.3, -0.25) is 0 Å². The average Bonchev–Trinajstić information content (AvgIpc) is 2.07. The molecule has 0 spiro atoms. The summed E-state index contributed by atoms with van der Waals surface area (Å²) in [4.78, 5) is 0. The highest BCUT2D eigenvalue weighted by Crippen LogP contribution is 2.31. The first-order valence-electron chi connectivity index (χ1n) is 3.96. The smallest absolute Gasteiger partial charge is 0.0685 e. The molecule has 0 saturated carbocycles. The maximum atomic E-state index is 2.29. The summed E-state index contributed by atoms with van der Waals surface area (Å²) in [7, 11) is 0. The number of rotatable bonds is 2. The van der Waals surface area contributed by atoms with Crippen molar-refractivity contribution in [2.75, 3.05) is 11.5 Å². The van der Waals surface area contributed by atoms with Crippen LogP contribution in [0.4, 0.5) is 0 Å². The van der Waals surface area contributed by atoms with Gasteiger partial charge in [0.25, 0.3) is 0 Å². The molecule has 1 fully saturated rings. The van der Waals surface area contributed by atoms with Gasteiger partial charge in [-0.15, -0.1) is 23.5 Å². The van der Waals surface area contributed by atoms with Gasteiger partial charge >= 0.3 is 0 Å². The molecular formula is C9H14S2. The molecule has 1 aliphatic heterocycles. The molecule has 0 nitrogen and oxygen atoms in total. The van der Waals surface area contributed by atoms with Crippen molar-refractivity contribution in [2.45, 2.75) is 17.9 Å². The van der Waals surface area contributed by atoms with Crippen molar-refractivity contribution in [3.8, 4) is 0 Å². The topological polar surface area (TPSA) is 0 Å². The van der Waals surface area contributed by atoms with Crippen molar-refractivity contribution in [3.05, 3.63) is 24.3 Å². The second kappa shape index (κ2) is 5.78. The fourth-order valence-corrected chi connectivity index (χ4v) is 3.52. The predicted molar refractivity (Wildman–Crippen MR) is 57.3 cm³/mol. The van der Waals surface area contributed by atoms with Crippen molar-refractivity contribution in [1.82, 2.24) is 0 Å². The van der Waals surface area contributed by atoms with Crippen LogP contribution in [0.15, 0.2) is 24.3 Å². The zero-order chi connectivity index (χ0) is 7.94. The minimum absolute atomic E-state index is 0.708. The number of hydrogen-bond donors (Lipinski definition) is 0. The quantitative estimate of drug-likeness (QED) is 0.607. The molecule has 1 heterocycles. The minimum atomic E-state index is 0.708. The molecule has 0 aromatic carbocycles. The molecule has 0 aliphatic carbocycles. The van der Waals surface area contributed by atoms with E-state index >= 15 is 0 Å². The van der Waals surface area contributed by atoms with E-state index < -0.39 is 0 Å². The monoisotopic (exact) mass is 186 g/mol. The third-order valence-corrected chi connectivity index (χ3v) is 4.26. The molecule has 11 heavy (non-hydrogen) atoms. The zero-order valence-corrected chi connectivity index (χ0v) is 8.46. The lowest BCUT2D eigenvalue weighted by molar-refractivity contribution is 1.11. The second-order valence-corrected chi connectivity index (χ2v) is 5.17. The van der Waals surface area contributed by atoms with Crippen molar-refractivity contribution in [2.24, 2.45) is 0 Å². The molecule has 62 valence electrons. The van der Waals surface area contributed by atoms with Gasteiger partial charge in [-0.05, 0) is 24.9 Å². The molecule has 1 saturated heterocycles. The van der Waals surface area contributed by atoms with E-state index in [1.807, 2.05) is 6.92 Å². The highest BCUT2D eigenvalue weighted by Gasteiger charge is 2.09. The first kappa shape index (κ1) is 9.27. The third kappa shape index (κ3) is 3.92. The lowest BCUT2D eigenvalue weighted by Crippen LogP contribution is -2.02. The largest absolute Gasteiger partial charge is 0.143 e. The zero-order valence-electron chi connectivity index (χ0n) is 6.82. The van der Waals surface area contributed by atoms with Crippen molar-refractivity contribution in [1.29, 1.82) is 0 Å². The van der Waals surface area contributed by atoms with Crippen LogP contribution in [0.5, 0.6) is 0 Å². The fraction of sp³-hybridized carbons (Fsp3) is 0.556. The van der Waals surface area contributed by atoms with E-state index in [1.54, 1.807) is 0 Å². The standard InChI is InChI=1S/C9H14S2/c1-2-3-4-6-9-10-7-5-8-11-9/h2-4,6,9H,5,7-8H2,1H3. The maximum Gasteiger partial charge on any atom is 0.0685 e. The first-order valence-corrected chi connectivity index (χ1v) is 6.06. The molecule has 0 aromatic rings. The number of thioether (sulfide) groups is 2. The summed E-state index contributed by atoms with van der Waals surface area (Å²) in [5, 5.41) is 0. The van der Waals surface area contributed by atoms with E-state index in [4.69, 9.17) is 0 Å². The highest BCUT2D eigenvalue weighted by molar-refractivity contribution is 8.17. The van der Waals surface area contributed by atoms with E-state index in [9.17, 15) is 0 Å². The molecule has 0 N–H and O–H groups in total. The summed E-state index contributed by atoms with van der Waals surface area (Å²) >= 11 is 4.11. The Morgan fingerprint density at radius 2 is 1.91 bits per heavy atom. The summed E-state index contributed by atoms with van der Waals surface area (Å²) < 4.78 is 0.708. The van der Waals surface area contributed by atoms with Crippen molar-refractivity contribution in [3.63, 3.8) is 0 Å². The molecule has 0 bridgehead atoms. The average molecular weight is 186 g/mol. The Hall–Kier alpha value is 0.180. The van der Waals surface area contributed by atoms with E-state index in [1.165, 1.54) is 17.9 Å². The van der Waals surface area contributed by atoms with Gasteiger partial charge in [-0.1, -0.05) is 24.3 Å². The van der Waals surface area contributed by atoms with Crippen molar-refractivity contribution >= 4 is 23.5 Å². The van der Waals surface area contributed by atoms with Crippen LogP contribution in [0.3, 0.4) is 0 Å². The Kier molecular flexibility index (Phi) is 4.87. The Bertz CT molecular complexity index is 144. The van der Waals surface area contributed by atoms with Gasteiger partial charge < -0.3 is 0 Å². The molecule has 0 amide bonds. The SMILES string of the molecule is CC=CC=CC1SCCCS1. The van der Waals surface area contributed by atoms with Gasteiger partial charge in [0.1, 0.15) is 0 Å². The summed E-state index contributed by atoms with van der Waals surface area (Å²) in [5.41, 5.74) is 0. The summed E-state index contributed by atoms with van der Waals surface area (Å²) in [6, 6.07) is 0. The van der Waals surface area contributed by atoms with Gasteiger partial charge in [-0.2, -0.15) is 0 Å². The predicted octanol–water partition coefficient (Wildman–Crippen LogP) is 3.31. The van der Waals surface area contributed by atoms with E-state index in [0.29, 0.717) is 4.58 Å². The summed E-state index contributed by atoms with van der Waals surface area (Å²) in [6.07, 6.45) is 9.97. The van der Waals surface area contributed by atoms with Crippen LogP contribution in [0.25, 0.3) is 0 Å². The van der Waals surface area contributed by atoms with Crippen LogP contribution in [0, 0.1) is 0 Å². The summed E-state index contributed by atoms with van der Waals surface area (Å²) in [5.74, 6) is 2.66. The second-order valence-electron chi connectivity index (χ2n) is 2.37. The van der Waals surface area contributed by atoms with Gasteiger partial charge in [0, 0.05) is 0 Å². The summed E-state index contributed by atoms with van der Waals surface area (Å²) in [6.45, 7) is 2.05. The maximum absolute atomic E-state index is 2.29. The van der Waals surface area contributed by atoms with E-state index in [2.05, 4.69) is 47.8 Å².